The highest BCUT2D eigenvalue weighted by molar-refractivity contribution is 5.48. The van der Waals surface area contributed by atoms with E-state index >= 15 is 0 Å². The van der Waals surface area contributed by atoms with Crippen LogP contribution in [0.3, 0.4) is 0 Å². The van der Waals surface area contributed by atoms with Crippen LogP contribution in [-0.4, -0.2) is 19.3 Å². The van der Waals surface area contributed by atoms with Crippen LogP contribution in [0.1, 0.15) is 5.56 Å². The van der Waals surface area contributed by atoms with Crippen molar-refractivity contribution in [2.45, 2.75) is 6.54 Å². The van der Waals surface area contributed by atoms with Gasteiger partial charge in [-0.3, -0.25) is 9.25 Å². The number of aromatic nitrogens is 4. The highest BCUT2D eigenvalue weighted by Gasteiger charge is 2.00. The molecule has 0 aliphatic carbocycles. The van der Waals surface area contributed by atoms with Crippen LogP contribution in [0.5, 0.6) is 0 Å². The Balaban J connectivity index is 1.70. The molecule has 0 atom stereocenters. The summed E-state index contributed by atoms with van der Waals surface area (Å²) in [4.78, 5) is 14.1. The van der Waals surface area contributed by atoms with Gasteiger partial charge in [-0.1, -0.05) is 0 Å². The lowest BCUT2D eigenvalue weighted by atomic mass is 10.2. The van der Waals surface area contributed by atoms with E-state index in [2.05, 4.69) is 15.4 Å². The molecule has 0 spiro atoms. The lowest BCUT2D eigenvalue weighted by Gasteiger charge is -2.06. The minimum Gasteiger partial charge on any atom is -0.381 e. The summed E-state index contributed by atoms with van der Waals surface area (Å²) >= 11 is 0. The van der Waals surface area contributed by atoms with Gasteiger partial charge in [-0.15, -0.1) is 0 Å². The van der Waals surface area contributed by atoms with Crippen LogP contribution in [0.15, 0.2) is 53.8 Å². The zero-order chi connectivity index (χ0) is 13.9. The number of aromatic amines is 1. The molecule has 20 heavy (non-hydrogen) atoms. The fourth-order valence-electron chi connectivity index (χ4n) is 2.03. The molecule has 1 aromatic carbocycles. The van der Waals surface area contributed by atoms with Crippen LogP contribution >= 0.6 is 0 Å². The zero-order valence-electron chi connectivity index (χ0n) is 11.1. The van der Waals surface area contributed by atoms with Gasteiger partial charge in [-0.2, -0.15) is 5.10 Å². The van der Waals surface area contributed by atoms with Gasteiger partial charge in [0.25, 0.3) is 0 Å². The van der Waals surface area contributed by atoms with Gasteiger partial charge in [0.2, 0.25) is 0 Å². The molecular formula is C14H15N5O. The van der Waals surface area contributed by atoms with Crippen molar-refractivity contribution in [3.8, 4) is 5.69 Å². The molecule has 0 amide bonds. The topological polar surface area (TPSA) is 67.6 Å². The summed E-state index contributed by atoms with van der Waals surface area (Å²) in [6.07, 6.45) is 7.14. The largest absolute Gasteiger partial charge is 0.381 e. The first-order valence-corrected chi connectivity index (χ1v) is 6.30. The van der Waals surface area contributed by atoms with Gasteiger partial charge in [-0.05, 0) is 24.3 Å². The Labute approximate surface area is 115 Å². The second-order valence-corrected chi connectivity index (χ2v) is 4.56. The minimum atomic E-state index is -0.138. The maximum atomic E-state index is 11.5. The van der Waals surface area contributed by atoms with E-state index in [-0.39, 0.29) is 5.69 Å². The Morgan fingerprint density at radius 2 is 2.10 bits per heavy atom. The Morgan fingerprint density at radius 1 is 1.30 bits per heavy atom. The van der Waals surface area contributed by atoms with Crippen molar-refractivity contribution in [3.05, 3.63) is 65.1 Å². The molecule has 2 aromatic heterocycles. The van der Waals surface area contributed by atoms with E-state index in [9.17, 15) is 4.79 Å². The molecule has 6 heteroatoms. The molecule has 0 radical (unpaired) electrons. The van der Waals surface area contributed by atoms with Gasteiger partial charge in [0.05, 0.1) is 11.9 Å². The second-order valence-electron chi connectivity index (χ2n) is 4.56. The Bertz CT molecular complexity index is 750. The third kappa shape index (κ3) is 2.49. The number of anilines is 1. The maximum Gasteiger partial charge on any atom is 0.330 e. The third-order valence-electron chi connectivity index (χ3n) is 3.05. The van der Waals surface area contributed by atoms with Crippen LogP contribution in [0.4, 0.5) is 5.69 Å². The molecule has 0 bridgehead atoms. The monoisotopic (exact) mass is 269 g/mol. The molecule has 6 nitrogen and oxygen atoms in total. The lowest BCUT2D eigenvalue weighted by molar-refractivity contribution is 0.767. The van der Waals surface area contributed by atoms with Gasteiger partial charge >= 0.3 is 5.69 Å². The molecule has 2 heterocycles. The van der Waals surface area contributed by atoms with E-state index in [0.717, 1.165) is 23.5 Å². The fraction of sp³-hybridized carbons (Fsp3) is 0.143. The van der Waals surface area contributed by atoms with Gasteiger partial charge in [0.1, 0.15) is 0 Å². The third-order valence-corrected chi connectivity index (χ3v) is 3.05. The lowest BCUT2D eigenvalue weighted by Crippen LogP contribution is -2.13. The number of hydrogen-bond acceptors (Lipinski definition) is 3. The summed E-state index contributed by atoms with van der Waals surface area (Å²) in [6.45, 7) is 0.720. The molecule has 102 valence electrons. The van der Waals surface area contributed by atoms with Crippen molar-refractivity contribution in [1.82, 2.24) is 19.3 Å². The van der Waals surface area contributed by atoms with Crippen LogP contribution < -0.4 is 11.0 Å². The smallest absolute Gasteiger partial charge is 0.330 e. The Kier molecular flexibility index (Phi) is 3.12. The first-order chi connectivity index (χ1) is 9.72. The van der Waals surface area contributed by atoms with Gasteiger partial charge in [-0.25, -0.2) is 4.79 Å². The summed E-state index contributed by atoms with van der Waals surface area (Å²) in [5, 5.41) is 7.43. The van der Waals surface area contributed by atoms with Crippen LogP contribution in [-0.2, 0) is 13.6 Å². The molecule has 0 aliphatic rings. The summed E-state index contributed by atoms with van der Waals surface area (Å²) < 4.78 is 3.34. The van der Waals surface area contributed by atoms with E-state index < -0.39 is 0 Å². The molecule has 0 unspecified atom stereocenters. The quantitative estimate of drug-likeness (QED) is 0.754. The first-order valence-electron chi connectivity index (χ1n) is 6.30. The number of aryl methyl sites for hydroxylation is 1. The molecular weight excluding hydrogens is 254 g/mol. The van der Waals surface area contributed by atoms with Crippen LogP contribution in [0.2, 0.25) is 0 Å². The Morgan fingerprint density at radius 3 is 2.70 bits per heavy atom. The van der Waals surface area contributed by atoms with Gasteiger partial charge < -0.3 is 10.3 Å². The highest BCUT2D eigenvalue weighted by atomic mass is 16.1. The van der Waals surface area contributed by atoms with Crippen molar-refractivity contribution < 1.29 is 0 Å². The van der Waals surface area contributed by atoms with E-state index in [0.29, 0.717) is 0 Å². The predicted molar refractivity (Wildman–Crippen MR) is 76.9 cm³/mol. The molecule has 0 fully saturated rings. The van der Waals surface area contributed by atoms with Crippen molar-refractivity contribution in [1.29, 1.82) is 0 Å². The van der Waals surface area contributed by atoms with E-state index in [1.165, 1.54) is 0 Å². The molecule has 3 aromatic rings. The minimum absolute atomic E-state index is 0.138. The molecule has 0 saturated carbocycles. The highest BCUT2D eigenvalue weighted by Crippen LogP contribution is 2.13. The summed E-state index contributed by atoms with van der Waals surface area (Å²) in [5.41, 5.74) is 2.82. The van der Waals surface area contributed by atoms with Crippen molar-refractivity contribution in [3.63, 3.8) is 0 Å². The van der Waals surface area contributed by atoms with E-state index in [1.807, 2.05) is 43.7 Å². The molecule has 2 N–H and O–H groups in total. The molecule has 3 rings (SSSR count). The van der Waals surface area contributed by atoms with E-state index in [1.54, 1.807) is 21.6 Å². The van der Waals surface area contributed by atoms with Gasteiger partial charge in [0, 0.05) is 43.4 Å². The molecule has 0 saturated heterocycles. The number of nitrogens with one attached hydrogen (secondary N) is 2. The number of hydrogen-bond donors (Lipinski definition) is 2. The summed E-state index contributed by atoms with van der Waals surface area (Å²) in [7, 11) is 1.90. The van der Waals surface area contributed by atoms with Crippen molar-refractivity contribution >= 4 is 5.69 Å². The van der Waals surface area contributed by atoms with Gasteiger partial charge in [0.15, 0.2) is 0 Å². The predicted octanol–water partition coefficient (Wildman–Crippen LogP) is 1.51. The number of rotatable bonds is 4. The SMILES string of the molecule is Cn1cc(CNc2ccc(-n3cc[nH]c3=O)cc2)cn1. The van der Waals surface area contributed by atoms with Crippen molar-refractivity contribution in [2.75, 3.05) is 5.32 Å². The second kappa shape index (κ2) is 5.08. The van der Waals surface area contributed by atoms with E-state index in [4.69, 9.17) is 0 Å². The average Bonchev–Trinajstić information content (AvgIpc) is 3.06. The average molecular weight is 269 g/mol. The zero-order valence-corrected chi connectivity index (χ0v) is 11.1. The summed E-state index contributed by atoms with van der Waals surface area (Å²) in [6, 6.07) is 7.71. The normalized spacial score (nSPS) is 10.7. The first kappa shape index (κ1) is 12.3. The number of imidazole rings is 1. The number of H-pyrrole nitrogens is 1. The Hall–Kier alpha value is -2.76. The number of benzene rings is 1. The fourth-order valence-corrected chi connectivity index (χ4v) is 2.03. The maximum absolute atomic E-state index is 11.5. The van der Waals surface area contributed by atoms with Crippen molar-refractivity contribution in [2.24, 2.45) is 7.05 Å². The molecule has 0 aliphatic heterocycles. The summed E-state index contributed by atoms with van der Waals surface area (Å²) in [5.74, 6) is 0. The van der Waals surface area contributed by atoms with Crippen LogP contribution in [0.25, 0.3) is 5.69 Å². The number of nitrogens with zero attached hydrogens (tertiary/aromatic N) is 3. The standard InChI is InChI=1S/C14H15N5O/c1-18-10-11(9-17-18)8-16-12-2-4-13(5-3-12)19-7-6-15-14(19)20/h2-7,9-10,16H,8H2,1H3,(H,15,20). The van der Waals surface area contributed by atoms with Crippen LogP contribution in [0, 0.1) is 0 Å².